The van der Waals surface area contributed by atoms with E-state index in [2.05, 4.69) is 21.3 Å². The van der Waals surface area contributed by atoms with Crippen LogP contribution in [0.25, 0.3) is 0 Å². The van der Waals surface area contributed by atoms with Crippen molar-refractivity contribution < 1.29 is 28.8 Å². The SMILES string of the molecule is CCCC(NC(=O)[C@@H]1C(C(C)C)CCN1C(=O)[C@@H](NC(=O)N[C@H](CN1Cc2ccccc2C1=O)C(C)(C)C)C1CCCCC1)C(=O)C(=O)NC1CC1. The highest BCUT2D eigenvalue weighted by atomic mass is 16.2. The first-order valence-electron chi connectivity index (χ1n) is 19.6. The van der Waals surface area contributed by atoms with Gasteiger partial charge in [-0.05, 0) is 73.3 Å². The molecule has 0 aromatic heterocycles. The van der Waals surface area contributed by atoms with Crippen LogP contribution in [0.1, 0.15) is 122 Å². The van der Waals surface area contributed by atoms with Crippen molar-refractivity contribution in [3.63, 3.8) is 0 Å². The van der Waals surface area contributed by atoms with E-state index in [-0.39, 0.29) is 35.6 Å². The van der Waals surface area contributed by atoms with Crippen LogP contribution in [-0.2, 0) is 25.7 Å². The van der Waals surface area contributed by atoms with Crippen LogP contribution in [-0.4, -0.2) is 88.5 Å². The maximum atomic E-state index is 14.7. The lowest BCUT2D eigenvalue weighted by molar-refractivity contribution is -0.144. The van der Waals surface area contributed by atoms with Crippen molar-refractivity contribution in [2.45, 2.75) is 143 Å². The summed E-state index contributed by atoms with van der Waals surface area (Å²) in [5, 5.41) is 11.8. The van der Waals surface area contributed by atoms with Crippen LogP contribution in [0.5, 0.6) is 0 Å². The van der Waals surface area contributed by atoms with E-state index < -0.39 is 53.2 Å². The van der Waals surface area contributed by atoms with Gasteiger partial charge in [0.2, 0.25) is 17.6 Å². The number of Topliss-reactive ketones (excluding diaryl/α,β-unsaturated/α-hetero) is 1. The molecule has 2 aliphatic heterocycles. The van der Waals surface area contributed by atoms with Crippen LogP contribution < -0.4 is 21.3 Å². The average Bonchev–Trinajstić information content (AvgIpc) is 3.71. The lowest BCUT2D eigenvalue weighted by atomic mass is 9.82. The zero-order chi connectivity index (χ0) is 37.7. The molecule has 286 valence electrons. The number of benzene rings is 1. The first kappa shape index (κ1) is 39.3. The molecule has 0 bridgehead atoms. The molecule has 12 nitrogen and oxygen atoms in total. The Morgan fingerprint density at radius 1 is 0.904 bits per heavy atom. The predicted molar refractivity (Wildman–Crippen MR) is 198 cm³/mol. The number of carbonyl (C=O) groups excluding carboxylic acids is 6. The summed E-state index contributed by atoms with van der Waals surface area (Å²) in [4.78, 5) is 85.2. The van der Waals surface area contributed by atoms with Crippen LogP contribution in [0.15, 0.2) is 24.3 Å². The number of carbonyl (C=O) groups is 6. The van der Waals surface area contributed by atoms with Crippen molar-refractivity contribution >= 4 is 35.4 Å². The summed E-state index contributed by atoms with van der Waals surface area (Å²) in [6, 6.07) is 4.00. The minimum absolute atomic E-state index is 0.0163. The maximum Gasteiger partial charge on any atom is 0.315 e. The van der Waals surface area contributed by atoms with E-state index >= 15 is 0 Å². The second-order valence-electron chi connectivity index (χ2n) is 16.9. The summed E-state index contributed by atoms with van der Waals surface area (Å²) in [5.41, 5.74) is 1.24. The standard InChI is InChI=1S/C40H60N6O6/c1-7-13-30(34(47)36(49)41-27-18-19-27)42-35(48)33-28(24(2)3)20-21-46(33)38(51)32(25-14-9-8-10-15-25)44-39(52)43-31(40(4,5)6)23-45-22-26-16-11-12-17-29(26)37(45)50/h11-12,16-17,24-25,27-28,30-33H,7-10,13-15,18-23H2,1-6H3,(H,41,49)(H,42,48)(H2,43,44,52)/t28?,30?,31-,32+,33+/m1/s1. The summed E-state index contributed by atoms with van der Waals surface area (Å²) in [5.74, 6) is -2.33. The molecule has 5 atom stereocenters. The molecule has 0 spiro atoms. The number of ketones is 1. The Hall–Kier alpha value is -3.96. The molecule has 5 rings (SSSR count). The Bertz CT molecular complexity index is 1500. The number of hydrogen-bond acceptors (Lipinski definition) is 6. The van der Waals surface area contributed by atoms with Gasteiger partial charge in [0.1, 0.15) is 12.1 Å². The van der Waals surface area contributed by atoms with Crippen molar-refractivity contribution in [1.82, 2.24) is 31.1 Å². The van der Waals surface area contributed by atoms with E-state index in [1.807, 2.05) is 65.8 Å². The molecular weight excluding hydrogens is 660 g/mol. The van der Waals surface area contributed by atoms with Gasteiger partial charge in [-0.25, -0.2) is 4.79 Å². The third-order valence-corrected chi connectivity index (χ3v) is 11.5. The molecule has 3 fully saturated rings. The molecule has 2 unspecified atom stereocenters. The lowest BCUT2D eigenvalue weighted by Crippen LogP contribution is -2.61. The fraction of sp³-hybridized carbons (Fsp3) is 0.700. The van der Waals surface area contributed by atoms with Gasteiger partial charge in [0.15, 0.2) is 0 Å². The number of nitrogens with zero attached hydrogens (tertiary/aromatic N) is 2. The number of nitrogens with one attached hydrogen (secondary N) is 4. The summed E-state index contributed by atoms with van der Waals surface area (Å²) < 4.78 is 0. The highest BCUT2D eigenvalue weighted by molar-refractivity contribution is 6.38. The number of likely N-dealkylation sites (tertiary alicyclic amines) is 1. The van der Waals surface area contributed by atoms with E-state index in [9.17, 15) is 28.8 Å². The number of amides is 6. The Balaban J connectivity index is 1.33. The summed E-state index contributed by atoms with van der Waals surface area (Å²) in [7, 11) is 0. The zero-order valence-electron chi connectivity index (χ0n) is 32.0. The van der Waals surface area contributed by atoms with E-state index in [0.717, 1.165) is 50.5 Å². The van der Waals surface area contributed by atoms with E-state index in [0.29, 0.717) is 44.5 Å². The molecule has 4 aliphatic rings. The van der Waals surface area contributed by atoms with Crippen LogP contribution >= 0.6 is 0 Å². The van der Waals surface area contributed by atoms with Crippen molar-refractivity contribution in [1.29, 1.82) is 0 Å². The fourth-order valence-electron chi connectivity index (χ4n) is 8.14. The number of rotatable bonds is 14. The molecule has 2 heterocycles. The van der Waals surface area contributed by atoms with Crippen LogP contribution in [0, 0.1) is 23.2 Å². The van der Waals surface area contributed by atoms with Crippen LogP contribution in [0.3, 0.4) is 0 Å². The molecule has 12 heteroatoms. The molecule has 2 aliphatic carbocycles. The van der Waals surface area contributed by atoms with Crippen LogP contribution in [0.4, 0.5) is 4.79 Å². The fourth-order valence-corrected chi connectivity index (χ4v) is 8.14. The quantitative estimate of drug-likeness (QED) is 0.210. The topological polar surface area (TPSA) is 157 Å². The molecule has 6 amide bonds. The van der Waals surface area contributed by atoms with Gasteiger partial charge in [-0.2, -0.15) is 0 Å². The molecule has 52 heavy (non-hydrogen) atoms. The van der Waals surface area contributed by atoms with Crippen molar-refractivity contribution in [2.24, 2.45) is 23.2 Å². The molecular formula is C40H60N6O6. The van der Waals surface area contributed by atoms with Gasteiger partial charge in [-0.15, -0.1) is 0 Å². The van der Waals surface area contributed by atoms with Gasteiger partial charge in [-0.1, -0.05) is 85.4 Å². The third kappa shape index (κ3) is 9.33. The van der Waals surface area contributed by atoms with Crippen molar-refractivity contribution in [3.8, 4) is 0 Å². The van der Waals surface area contributed by atoms with Gasteiger partial charge in [0.05, 0.1) is 12.1 Å². The van der Waals surface area contributed by atoms with E-state index in [1.165, 1.54) is 0 Å². The summed E-state index contributed by atoms with van der Waals surface area (Å²) in [6.07, 6.45) is 7.71. The van der Waals surface area contributed by atoms with Gasteiger partial charge in [0, 0.05) is 31.2 Å². The average molecular weight is 721 g/mol. The molecule has 1 saturated heterocycles. The minimum Gasteiger partial charge on any atom is -0.347 e. The van der Waals surface area contributed by atoms with Crippen molar-refractivity contribution in [3.05, 3.63) is 35.4 Å². The molecule has 2 saturated carbocycles. The minimum atomic E-state index is -0.982. The lowest BCUT2D eigenvalue weighted by Gasteiger charge is -2.38. The predicted octanol–water partition coefficient (Wildman–Crippen LogP) is 4.31. The highest BCUT2D eigenvalue weighted by Gasteiger charge is 2.47. The molecule has 0 radical (unpaired) electrons. The number of hydrogen-bond donors (Lipinski definition) is 4. The zero-order valence-corrected chi connectivity index (χ0v) is 32.0. The monoisotopic (exact) mass is 720 g/mol. The highest BCUT2D eigenvalue weighted by Crippen LogP contribution is 2.34. The van der Waals surface area contributed by atoms with E-state index in [4.69, 9.17) is 0 Å². The maximum absolute atomic E-state index is 14.7. The van der Waals surface area contributed by atoms with Crippen molar-refractivity contribution in [2.75, 3.05) is 13.1 Å². The summed E-state index contributed by atoms with van der Waals surface area (Å²) in [6.45, 7) is 13.1. The number of urea groups is 1. The Morgan fingerprint density at radius 2 is 1.60 bits per heavy atom. The molecule has 4 N–H and O–H groups in total. The number of fused-ring (bicyclic) bond motifs is 1. The van der Waals surface area contributed by atoms with Gasteiger partial charge < -0.3 is 31.1 Å². The molecule has 1 aromatic carbocycles. The first-order chi connectivity index (χ1) is 24.7. The Morgan fingerprint density at radius 3 is 2.21 bits per heavy atom. The van der Waals surface area contributed by atoms with Gasteiger partial charge in [-0.3, -0.25) is 24.0 Å². The second kappa shape index (κ2) is 16.8. The second-order valence-corrected chi connectivity index (χ2v) is 16.9. The smallest absolute Gasteiger partial charge is 0.315 e. The Kier molecular flexibility index (Phi) is 12.7. The largest absolute Gasteiger partial charge is 0.347 e. The normalized spacial score (nSPS) is 22.4. The molecule has 1 aromatic rings. The van der Waals surface area contributed by atoms with E-state index in [1.54, 1.807) is 9.80 Å². The van der Waals surface area contributed by atoms with Crippen LogP contribution in [0.2, 0.25) is 0 Å². The third-order valence-electron chi connectivity index (χ3n) is 11.5. The van der Waals surface area contributed by atoms with Gasteiger partial charge >= 0.3 is 6.03 Å². The Labute approximate surface area is 309 Å². The summed E-state index contributed by atoms with van der Waals surface area (Å²) >= 11 is 0. The van der Waals surface area contributed by atoms with Gasteiger partial charge in [0.25, 0.3) is 11.8 Å². The first-order valence-corrected chi connectivity index (χ1v) is 19.6.